The van der Waals surface area contributed by atoms with Crippen LogP contribution in [0.4, 0.5) is 0 Å². The maximum Gasteiger partial charge on any atom is 0.308 e. The van der Waals surface area contributed by atoms with Crippen LogP contribution in [-0.4, -0.2) is 23.3 Å². The molecule has 1 N–H and O–H groups in total. The fourth-order valence-electron chi connectivity index (χ4n) is 4.20. The minimum Gasteiger partial charge on any atom is -0.461 e. The summed E-state index contributed by atoms with van der Waals surface area (Å²) in [6, 6.07) is 0. The molecule has 0 bridgehead atoms. The smallest absolute Gasteiger partial charge is 0.308 e. The predicted molar refractivity (Wildman–Crippen MR) is 92.8 cm³/mol. The summed E-state index contributed by atoms with van der Waals surface area (Å²) >= 11 is 0. The Morgan fingerprint density at radius 3 is 2.65 bits per heavy atom. The van der Waals surface area contributed by atoms with Gasteiger partial charge >= 0.3 is 5.97 Å². The Hall–Kier alpha value is -1.09. The van der Waals surface area contributed by atoms with Crippen molar-refractivity contribution < 1.29 is 14.6 Å². The minimum absolute atomic E-state index is 0.0915. The van der Waals surface area contributed by atoms with Crippen LogP contribution in [0.2, 0.25) is 0 Å². The summed E-state index contributed by atoms with van der Waals surface area (Å²) in [6.07, 6.45) is 6.80. The molecule has 0 aromatic carbocycles. The lowest BCUT2D eigenvalue weighted by atomic mass is 9.59. The molecule has 3 heteroatoms. The van der Waals surface area contributed by atoms with Gasteiger partial charge in [0.15, 0.2) is 0 Å². The monoisotopic (exact) mass is 320 g/mol. The molecule has 6 atom stereocenters. The summed E-state index contributed by atoms with van der Waals surface area (Å²) in [5.41, 5.74) is 1.24. The van der Waals surface area contributed by atoms with Gasteiger partial charge in [0.2, 0.25) is 0 Å². The summed E-state index contributed by atoms with van der Waals surface area (Å²) in [5.74, 6) is 0.761. The van der Waals surface area contributed by atoms with Crippen molar-refractivity contribution in [1.29, 1.82) is 0 Å². The zero-order chi connectivity index (χ0) is 17.4. The van der Waals surface area contributed by atoms with Gasteiger partial charge < -0.3 is 9.84 Å². The molecule has 2 aliphatic rings. The third-order valence-electron chi connectivity index (χ3n) is 5.47. The molecule has 0 saturated heterocycles. The highest BCUT2D eigenvalue weighted by Crippen LogP contribution is 2.49. The zero-order valence-corrected chi connectivity index (χ0v) is 15.4. The van der Waals surface area contributed by atoms with Crippen molar-refractivity contribution in [3.8, 4) is 0 Å². The molecular formula is C20H32O3. The van der Waals surface area contributed by atoms with Crippen molar-refractivity contribution >= 4 is 5.97 Å². The standard InChI is InChI=1S/C20H32O3/c1-7-12(2)19(22)23-16-11-15(21)10-14-9-8-13(3)18(17(14)16)20(4,5)6/h8-10,12-13,15-18,21H,7,11H2,1-6H3/t12-,13-,15+,16-,17+,18-/m0/s1. The van der Waals surface area contributed by atoms with Gasteiger partial charge in [-0.3, -0.25) is 4.79 Å². The molecule has 0 saturated carbocycles. The lowest BCUT2D eigenvalue weighted by Crippen LogP contribution is -2.46. The molecule has 0 aromatic rings. The number of hydrogen-bond acceptors (Lipinski definition) is 3. The van der Waals surface area contributed by atoms with E-state index >= 15 is 0 Å². The molecule has 0 spiro atoms. The van der Waals surface area contributed by atoms with Gasteiger partial charge in [-0.05, 0) is 29.2 Å². The molecule has 2 rings (SSSR count). The van der Waals surface area contributed by atoms with E-state index in [2.05, 4.69) is 39.8 Å². The Kier molecular flexibility index (Phi) is 5.40. The number of carbonyl (C=O) groups is 1. The molecule has 130 valence electrons. The third kappa shape index (κ3) is 3.88. The van der Waals surface area contributed by atoms with Gasteiger partial charge in [-0.1, -0.05) is 59.8 Å². The first kappa shape index (κ1) is 18.3. The number of rotatable bonds is 3. The highest BCUT2D eigenvalue weighted by molar-refractivity contribution is 5.72. The molecule has 3 nitrogen and oxygen atoms in total. The van der Waals surface area contributed by atoms with Crippen LogP contribution in [0.1, 0.15) is 54.4 Å². The topological polar surface area (TPSA) is 46.5 Å². The highest BCUT2D eigenvalue weighted by atomic mass is 16.5. The molecule has 0 aromatic heterocycles. The van der Waals surface area contributed by atoms with Crippen molar-refractivity contribution in [3.63, 3.8) is 0 Å². The number of allylic oxidation sites excluding steroid dienone is 2. The number of esters is 1. The summed E-state index contributed by atoms with van der Waals surface area (Å²) < 4.78 is 5.88. The van der Waals surface area contributed by atoms with Crippen molar-refractivity contribution in [2.75, 3.05) is 0 Å². The van der Waals surface area contributed by atoms with Gasteiger partial charge in [0, 0.05) is 12.3 Å². The molecule has 0 unspecified atom stereocenters. The van der Waals surface area contributed by atoms with Crippen LogP contribution in [0.5, 0.6) is 0 Å². The van der Waals surface area contributed by atoms with Crippen LogP contribution >= 0.6 is 0 Å². The summed E-state index contributed by atoms with van der Waals surface area (Å²) in [6.45, 7) is 12.9. The van der Waals surface area contributed by atoms with Crippen molar-refractivity contribution in [3.05, 3.63) is 23.8 Å². The predicted octanol–water partition coefficient (Wildman–Crippen LogP) is 4.12. The Balaban J connectivity index is 2.34. The largest absolute Gasteiger partial charge is 0.461 e. The molecule has 0 heterocycles. The summed E-state index contributed by atoms with van der Waals surface area (Å²) in [5, 5.41) is 10.2. The second-order valence-electron chi connectivity index (χ2n) is 8.39. The van der Waals surface area contributed by atoms with E-state index in [4.69, 9.17) is 4.74 Å². The van der Waals surface area contributed by atoms with Gasteiger partial charge in [-0.25, -0.2) is 0 Å². The van der Waals surface area contributed by atoms with Crippen molar-refractivity contribution in [1.82, 2.24) is 0 Å². The molecule has 0 aliphatic heterocycles. The molecule has 2 aliphatic carbocycles. The van der Waals surface area contributed by atoms with Crippen molar-refractivity contribution in [2.24, 2.45) is 29.1 Å². The van der Waals surface area contributed by atoms with E-state index in [0.717, 1.165) is 12.0 Å². The van der Waals surface area contributed by atoms with Crippen LogP contribution in [0.3, 0.4) is 0 Å². The normalized spacial score (nSPS) is 35.3. The summed E-state index contributed by atoms with van der Waals surface area (Å²) in [4.78, 5) is 12.3. The minimum atomic E-state index is -0.533. The average molecular weight is 320 g/mol. The van der Waals surface area contributed by atoms with E-state index in [0.29, 0.717) is 18.3 Å². The van der Waals surface area contributed by atoms with Gasteiger partial charge in [-0.2, -0.15) is 0 Å². The number of fused-ring (bicyclic) bond motifs is 1. The molecular weight excluding hydrogens is 288 g/mol. The first-order valence-corrected chi connectivity index (χ1v) is 8.93. The Bertz CT molecular complexity index is 498. The number of aliphatic hydroxyl groups is 1. The van der Waals surface area contributed by atoms with Crippen LogP contribution < -0.4 is 0 Å². The first-order chi connectivity index (χ1) is 10.6. The van der Waals surface area contributed by atoms with Crippen LogP contribution in [0.15, 0.2) is 23.8 Å². The lowest BCUT2D eigenvalue weighted by Gasteiger charge is -2.48. The van der Waals surface area contributed by atoms with Crippen LogP contribution in [-0.2, 0) is 9.53 Å². The van der Waals surface area contributed by atoms with E-state index in [-0.39, 0.29) is 29.3 Å². The fourth-order valence-corrected chi connectivity index (χ4v) is 4.20. The molecule has 0 amide bonds. The van der Waals surface area contributed by atoms with Crippen LogP contribution in [0, 0.1) is 29.1 Å². The highest BCUT2D eigenvalue weighted by Gasteiger charge is 2.46. The molecule has 0 fully saturated rings. The summed E-state index contributed by atoms with van der Waals surface area (Å²) in [7, 11) is 0. The van der Waals surface area contributed by atoms with Crippen molar-refractivity contribution in [2.45, 2.75) is 66.6 Å². The number of ether oxygens (including phenoxy) is 1. The van der Waals surface area contributed by atoms with E-state index in [1.807, 2.05) is 19.9 Å². The zero-order valence-electron chi connectivity index (χ0n) is 15.4. The number of hydrogen-bond donors (Lipinski definition) is 1. The van der Waals surface area contributed by atoms with E-state index < -0.39 is 6.10 Å². The molecule has 0 radical (unpaired) electrons. The van der Waals surface area contributed by atoms with E-state index in [1.165, 1.54) is 0 Å². The fraction of sp³-hybridized carbons (Fsp3) is 0.750. The second kappa shape index (κ2) is 6.80. The maximum absolute atomic E-state index is 12.3. The Morgan fingerprint density at radius 1 is 1.43 bits per heavy atom. The number of aliphatic hydroxyl groups excluding tert-OH is 1. The Labute approximate surface area is 140 Å². The quantitative estimate of drug-likeness (QED) is 0.796. The maximum atomic E-state index is 12.3. The van der Waals surface area contributed by atoms with Gasteiger partial charge in [0.1, 0.15) is 6.10 Å². The molecule has 23 heavy (non-hydrogen) atoms. The second-order valence-corrected chi connectivity index (χ2v) is 8.39. The number of carbonyl (C=O) groups excluding carboxylic acids is 1. The SMILES string of the molecule is CC[C@H](C)C(=O)O[C@H]1C[C@H](O)C=C2C=C[C@H](C)[C@H](C(C)(C)C)[C@H]21. The van der Waals surface area contributed by atoms with Crippen LogP contribution in [0.25, 0.3) is 0 Å². The first-order valence-electron chi connectivity index (χ1n) is 8.93. The average Bonchev–Trinajstić information content (AvgIpc) is 2.45. The van der Waals surface area contributed by atoms with Gasteiger partial charge in [0.05, 0.1) is 12.0 Å². The Morgan fingerprint density at radius 2 is 2.09 bits per heavy atom. The van der Waals surface area contributed by atoms with E-state index in [9.17, 15) is 9.90 Å². The van der Waals surface area contributed by atoms with Gasteiger partial charge in [0.25, 0.3) is 0 Å². The lowest BCUT2D eigenvalue weighted by molar-refractivity contribution is -0.160. The third-order valence-corrected chi connectivity index (χ3v) is 5.47. The van der Waals surface area contributed by atoms with E-state index in [1.54, 1.807) is 0 Å². The van der Waals surface area contributed by atoms with Gasteiger partial charge in [-0.15, -0.1) is 0 Å².